The minimum Gasteiger partial charge on any atom is -0.389 e. The number of aliphatic hydroxyl groups excluding tert-OH is 1. The Morgan fingerprint density at radius 2 is 1.93 bits per heavy atom. The van der Waals surface area contributed by atoms with Crippen molar-refractivity contribution in [1.29, 1.82) is 0 Å². The summed E-state index contributed by atoms with van der Waals surface area (Å²) in [4.78, 5) is 0. The van der Waals surface area contributed by atoms with Crippen LogP contribution in [0.4, 0.5) is 4.39 Å². The van der Waals surface area contributed by atoms with Gasteiger partial charge in [0.2, 0.25) is 0 Å². The molecule has 14 heavy (non-hydrogen) atoms. The highest BCUT2D eigenvalue weighted by atomic mass is 19.1. The van der Waals surface area contributed by atoms with E-state index in [0.29, 0.717) is 18.4 Å². The molecule has 76 valence electrons. The first kappa shape index (κ1) is 9.66. The molecule has 1 aliphatic rings. The number of benzene rings is 1. The summed E-state index contributed by atoms with van der Waals surface area (Å²) >= 11 is 0. The summed E-state index contributed by atoms with van der Waals surface area (Å²) < 4.78 is 14.4. The molecule has 1 aliphatic carbocycles. The molecule has 0 spiro atoms. The van der Waals surface area contributed by atoms with Crippen LogP contribution in [0.2, 0.25) is 0 Å². The number of halogens is 1. The van der Waals surface area contributed by atoms with Gasteiger partial charge in [-0.15, -0.1) is 0 Å². The Morgan fingerprint density at radius 3 is 2.57 bits per heavy atom. The van der Waals surface area contributed by atoms with Crippen LogP contribution in [0, 0.1) is 0 Å². The summed E-state index contributed by atoms with van der Waals surface area (Å²) in [5, 5.41) is 9.71. The molecular formula is C12H15FO. The topological polar surface area (TPSA) is 20.2 Å². The van der Waals surface area contributed by atoms with Gasteiger partial charge in [-0.05, 0) is 24.8 Å². The van der Waals surface area contributed by atoms with Crippen molar-refractivity contribution in [2.45, 2.75) is 37.5 Å². The van der Waals surface area contributed by atoms with Gasteiger partial charge in [0.1, 0.15) is 0 Å². The molecule has 0 aliphatic heterocycles. The SMILES string of the molecule is O[C@H]1CCCC[C@@]1(F)c1ccccc1. The van der Waals surface area contributed by atoms with Crippen molar-refractivity contribution in [3.63, 3.8) is 0 Å². The van der Waals surface area contributed by atoms with E-state index in [-0.39, 0.29) is 0 Å². The lowest BCUT2D eigenvalue weighted by Crippen LogP contribution is -2.38. The highest BCUT2D eigenvalue weighted by molar-refractivity contribution is 5.24. The first-order valence-corrected chi connectivity index (χ1v) is 5.16. The minimum atomic E-state index is -1.51. The van der Waals surface area contributed by atoms with Gasteiger partial charge in [-0.2, -0.15) is 0 Å². The van der Waals surface area contributed by atoms with Crippen LogP contribution in [0.25, 0.3) is 0 Å². The molecule has 1 nitrogen and oxygen atoms in total. The molecule has 0 radical (unpaired) electrons. The largest absolute Gasteiger partial charge is 0.389 e. The van der Waals surface area contributed by atoms with Gasteiger partial charge in [0.25, 0.3) is 0 Å². The maximum absolute atomic E-state index is 14.4. The number of hydrogen-bond donors (Lipinski definition) is 1. The monoisotopic (exact) mass is 194 g/mol. The van der Waals surface area contributed by atoms with Gasteiger partial charge in [-0.25, -0.2) is 4.39 Å². The lowest BCUT2D eigenvalue weighted by molar-refractivity contribution is -0.0441. The van der Waals surface area contributed by atoms with Gasteiger partial charge >= 0.3 is 0 Å². The molecule has 1 N–H and O–H groups in total. The predicted octanol–water partition coefficient (Wildman–Crippen LogP) is 2.79. The van der Waals surface area contributed by atoms with Crippen molar-refractivity contribution >= 4 is 0 Å². The van der Waals surface area contributed by atoms with Gasteiger partial charge in [0, 0.05) is 0 Å². The normalized spacial score (nSPS) is 32.9. The fraction of sp³-hybridized carbons (Fsp3) is 0.500. The van der Waals surface area contributed by atoms with E-state index in [1.807, 2.05) is 18.2 Å². The van der Waals surface area contributed by atoms with E-state index >= 15 is 0 Å². The molecular weight excluding hydrogens is 179 g/mol. The van der Waals surface area contributed by atoms with E-state index in [9.17, 15) is 9.50 Å². The third-order valence-electron chi connectivity index (χ3n) is 3.05. The number of hydrogen-bond acceptors (Lipinski definition) is 1. The maximum atomic E-state index is 14.4. The lowest BCUT2D eigenvalue weighted by atomic mass is 9.79. The van der Waals surface area contributed by atoms with Crippen molar-refractivity contribution < 1.29 is 9.50 Å². The summed E-state index contributed by atoms with van der Waals surface area (Å²) in [5.41, 5.74) is -0.897. The second-order valence-corrected chi connectivity index (χ2v) is 3.99. The Morgan fingerprint density at radius 1 is 1.21 bits per heavy atom. The number of aliphatic hydroxyl groups is 1. The highest BCUT2D eigenvalue weighted by Crippen LogP contribution is 2.40. The Balaban J connectivity index is 2.30. The molecule has 1 fully saturated rings. The number of alkyl halides is 1. The van der Waals surface area contributed by atoms with Crippen LogP contribution in [0.1, 0.15) is 31.2 Å². The van der Waals surface area contributed by atoms with Crippen LogP contribution < -0.4 is 0 Å². The fourth-order valence-electron chi connectivity index (χ4n) is 2.17. The molecule has 1 aromatic carbocycles. The Kier molecular flexibility index (Phi) is 2.55. The molecule has 2 atom stereocenters. The molecule has 2 heteroatoms. The van der Waals surface area contributed by atoms with Crippen molar-refractivity contribution in [1.82, 2.24) is 0 Å². The molecule has 0 aromatic heterocycles. The standard InChI is InChI=1S/C12H15FO/c13-12(9-5-4-8-11(12)14)10-6-2-1-3-7-10/h1-3,6-7,11,14H,4-5,8-9H2/t11-,12+/m0/s1. The van der Waals surface area contributed by atoms with Crippen molar-refractivity contribution in [2.75, 3.05) is 0 Å². The summed E-state index contributed by atoms with van der Waals surface area (Å²) in [5.74, 6) is 0. The average Bonchev–Trinajstić information content (AvgIpc) is 2.24. The Hall–Kier alpha value is -0.890. The number of rotatable bonds is 1. The molecule has 0 saturated heterocycles. The van der Waals surface area contributed by atoms with E-state index in [1.54, 1.807) is 12.1 Å². The van der Waals surface area contributed by atoms with Crippen molar-refractivity contribution in [3.8, 4) is 0 Å². The quantitative estimate of drug-likeness (QED) is 0.728. The zero-order valence-electron chi connectivity index (χ0n) is 8.12. The van der Waals surface area contributed by atoms with Crippen LogP contribution in [0.5, 0.6) is 0 Å². The molecule has 0 unspecified atom stereocenters. The van der Waals surface area contributed by atoms with E-state index in [1.165, 1.54) is 0 Å². The van der Waals surface area contributed by atoms with Crippen LogP contribution in [-0.2, 0) is 5.67 Å². The van der Waals surface area contributed by atoms with Crippen LogP contribution in [0.3, 0.4) is 0 Å². The third-order valence-corrected chi connectivity index (χ3v) is 3.05. The predicted molar refractivity (Wildman–Crippen MR) is 53.7 cm³/mol. The lowest BCUT2D eigenvalue weighted by Gasteiger charge is -2.34. The third kappa shape index (κ3) is 1.55. The molecule has 1 saturated carbocycles. The van der Waals surface area contributed by atoms with Gasteiger partial charge in [0.05, 0.1) is 6.10 Å². The maximum Gasteiger partial charge on any atom is 0.161 e. The molecule has 0 amide bonds. The van der Waals surface area contributed by atoms with Gasteiger partial charge in [0.15, 0.2) is 5.67 Å². The zero-order chi connectivity index (χ0) is 10.0. The zero-order valence-corrected chi connectivity index (χ0v) is 8.12. The van der Waals surface area contributed by atoms with E-state index < -0.39 is 11.8 Å². The average molecular weight is 194 g/mol. The molecule has 0 bridgehead atoms. The molecule has 0 heterocycles. The molecule has 2 rings (SSSR count). The second-order valence-electron chi connectivity index (χ2n) is 3.99. The van der Waals surface area contributed by atoms with Crippen molar-refractivity contribution in [2.24, 2.45) is 0 Å². The van der Waals surface area contributed by atoms with Gasteiger partial charge in [-0.3, -0.25) is 0 Å². The smallest absolute Gasteiger partial charge is 0.161 e. The van der Waals surface area contributed by atoms with E-state index in [2.05, 4.69) is 0 Å². The first-order chi connectivity index (χ1) is 6.73. The van der Waals surface area contributed by atoms with Crippen LogP contribution >= 0.6 is 0 Å². The summed E-state index contributed by atoms with van der Waals surface area (Å²) in [7, 11) is 0. The Bertz CT molecular complexity index is 298. The molecule has 1 aromatic rings. The minimum absolute atomic E-state index is 0.443. The second kappa shape index (κ2) is 3.70. The van der Waals surface area contributed by atoms with Gasteiger partial charge in [-0.1, -0.05) is 36.8 Å². The highest BCUT2D eigenvalue weighted by Gasteiger charge is 2.41. The van der Waals surface area contributed by atoms with Crippen LogP contribution in [0.15, 0.2) is 30.3 Å². The van der Waals surface area contributed by atoms with Crippen molar-refractivity contribution in [3.05, 3.63) is 35.9 Å². The van der Waals surface area contributed by atoms with Crippen LogP contribution in [-0.4, -0.2) is 11.2 Å². The first-order valence-electron chi connectivity index (χ1n) is 5.16. The summed E-state index contributed by atoms with van der Waals surface area (Å²) in [6, 6.07) is 9.02. The summed E-state index contributed by atoms with van der Waals surface area (Å²) in [6.07, 6.45) is 1.98. The van der Waals surface area contributed by atoms with Gasteiger partial charge < -0.3 is 5.11 Å². The Labute approximate surface area is 83.6 Å². The van der Waals surface area contributed by atoms with E-state index in [0.717, 1.165) is 12.8 Å². The fourth-order valence-corrected chi connectivity index (χ4v) is 2.17. The van der Waals surface area contributed by atoms with E-state index in [4.69, 9.17) is 0 Å². The summed E-state index contributed by atoms with van der Waals surface area (Å²) in [6.45, 7) is 0.